The number of ether oxygens (including phenoxy) is 1. The van der Waals surface area contributed by atoms with Crippen LogP contribution in [0.1, 0.15) is 0 Å². The SMILES string of the molecule is C#CC(Oc1ccccc1)SC(F)(F)F. The van der Waals surface area contributed by atoms with Gasteiger partial charge in [-0.15, -0.1) is 6.42 Å². The van der Waals surface area contributed by atoms with E-state index in [9.17, 15) is 13.2 Å². The fraction of sp³-hybridized carbons (Fsp3) is 0.200. The van der Waals surface area contributed by atoms with Gasteiger partial charge in [0.05, 0.1) is 0 Å². The molecule has 0 heterocycles. The summed E-state index contributed by atoms with van der Waals surface area (Å²) in [4.78, 5) is 0. The van der Waals surface area contributed by atoms with Crippen LogP contribution in [0.5, 0.6) is 5.75 Å². The lowest BCUT2D eigenvalue weighted by Gasteiger charge is -2.14. The van der Waals surface area contributed by atoms with Crippen LogP contribution in [0.2, 0.25) is 0 Å². The van der Waals surface area contributed by atoms with Crippen molar-refractivity contribution in [1.29, 1.82) is 0 Å². The average molecular weight is 232 g/mol. The molecule has 1 rings (SSSR count). The highest BCUT2D eigenvalue weighted by Gasteiger charge is 2.33. The van der Waals surface area contributed by atoms with Gasteiger partial charge in [-0.05, 0) is 12.1 Å². The van der Waals surface area contributed by atoms with Gasteiger partial charge < -0.3 is 4.74 Å². The van der Waals surface area contributed by atoms with Crippen LogP contribution in [0.3, 0.4) is 0 Å². The van der Waals surface area contributed by atoms with Gasteiger partial charge in [0, 0.05) is 11.8 Å². The number of para-hydroxylation sites is 1. The topological polar surface area (TPSA) is 9.23 Å². The molecule has 1 atom stereocenters. The Bertz CT molecular complexity index is 342. The third-order valence-corrected chi connectivity index (χ3v) is 2.08. The van der Waals surface area contributed by atoms with Crippen LogP contribution >= 0.6 is 11.8 Å². The molecule has 1 aromatic rings. The Kier molecular flexibility index (Phi) is 3.92. The molecule has 1 aromatic carbocycles. The molecule has 0 aliphatic heterocycles. The minimum atomic E-state index is -4.40. The molecule has 80 valence electrons. The predicted molar refractivity (Wildman–Crippen MR) is 53.3 cm³/mol. The van der Waals surface area contributed by atoms with E-state index in [4.69, 9.17) is 11.2 Å². The van der Waals surface area contributed by atoms with Crippen LogP contribution in [0.15, 0.2) is 30.3 Å². The van der Waals surface area contributed by atoms with Crippen molar-refractivity contribution < 1.29 is 17.9 Å². The monoisotopic (exact) mass is 232 g/mol. The molecule has 5 heteroatoms. The van der Waals surface area contributed by atoms with Crippen LogP contribution in [-0.4, -0.2) is 10.9 Å². The van der Waals surface area contributed by atoms with Crippen LogP contribution in [0.4, 0.5) is 13.2 Å². The zero-order valence-corrected chi connectivity index (χ0v) is 8.31. The molecule has 0 aromatic heterocycles. The number of hydrogen-bond acceptors (Lipinski definition) is 2. The van der Waals surface area contributed by atoms with Crippen molar-refractivity contribution >= 4 is 11.8 Å². The highest BCUT2D eigenvalue weighted by atomic mass is 32.2. The van der Waals surface area contributed by atoms with Gasteiger partial charge >= 0.3 is 5.51 Å². The number of rotatable bonds is 3. The normalized spacial score (nSPS) is 12.9. The van der Waals surface area contributed by atoms with Crippen LogP contribution in [-0.2, 0) is 0 Å². The third kappa shape index (κ3) is 4.66. The van der Waals surface area contributed by atoms with Crippen molar-refractivity contribution in [3.63, 3.8) is 0 Å². The molecule has 0 saturated carbocycles. The predicted octanol–water partition coefficient (Wildman–Crippen LogP) is 3.28. The van der Waals surface area contributed by atoms with E-state index in [0.29, 0.717) is 5.75 Å². The van der Waals surface area contributed by atoms with Gasteiger partial charge in [-0.3, -0.25) is 0 Å². The maximum Gasteiger partial charge on any atom is 0.446 e. The van der Waals surface area contributed by atoms with Crippen LogP contribution in [0, 0.1) is 12.3 Å². The standard InChI is InChI=1S/C10H7F3OS/c1-2-9(15-10(11,12)13)14-8-6-4-3-5-7-8/h1,3-7,9H. The van der Waals surface area contributed by atoms with E-state index < -0.39 is 10.9 Å². The average Bonchev–Trinajstić information content (AvgIpc) is 2.16. The van der Waals surface area contributed by atoms with Crippen molar-refractivity contribution in [2.24, 2.45) is 0 Å². The van der Waals surface area contributed by atoms with E-state index in [-0.39, 0.29) is 11.8 Å². The first-order valence-corrected chi connectivity index (χ1v) is 4.81. The lowest BCUT2D eigenvalue weighted by atomic mass is 10.3. The molecule has 0 bridgehead atoms. The first-order chi connectivity index (χ1) is 7.01. The van der Waals surface area contributed by atoms with Gasteiger partial charge in [0.2, 0.25) is 5.44 Å². The van der Waals surface area contributed by atoms with Gasteiger partial charge in [0.25, 0.3) is 0 Å². The summed E-state index contributed by atoms with van der Waals surface area (Å²) in [5, 5.41) is 0. The third-order valence-electron chi connectivity index (χ3n) is 1.36. The second-order valence-electron chi connectivity index (χ2n) is 2.49. The number of benzene rings is 1. The van der Waals surface area contributed by atoms with Crippen molar-refractivity contribution in [3.8, 4) is 18.1 Å². The molecule has 0 spiro atoms. The lowest BCUT2D eigenvalue weighted by Crippen LogP contribution is -2.16. The molecule has 1 unspecified atom stereocenters. The zero-order valence-electron chi connectivity index (χ0n) is 7.49. The zero-order chi connectivity index (χ0) is 11.3. The van der Waals surface area contributed by atoms with Gasteiger partial charge in [0.15, 0.2) is 0 Å². The summed E-state index contributed by atoms with van der Waals surface area (Å²) in [6.07, 6.45) is 4.93. The second-order valence-corrected chi connectivity index (χ2v) is 3.62. The number of halogens is 3. The molecular weight excluding hydrogens is 225 g/mol. The molecule has 0 N–H and O–H groups in total. The summed E-state index contributed by atoms with van der Waals surface area (Å²) in [5.74, 6) is 2.24. The minimum absolute atomic E-state index is 0.317. The molecule has 0 amide bonds. The first-order valence-electron chi connectivity index (χ1n) is 3.93. The van der Waals surface area contributed by atoms with Gasteiger partial charge in [-0.2, -0.15) is 13.2 Å². The van der Waals surface area contributed by atoms with Crippen LogP contribution in [0.25, 0.3) is 0 Å². The molecule has 0 saturated heterocycles. The molecule has 0 aliphatic carbocycles. The number of terminal acetylenes is 1. The Morgan fingerprint density at radius 2 is 1.87 bits per heavy atom. The fourth-order valence-corrected chi connectivity index (χ4v) is 1.31. The van der Waals surface area contributed by atoms with E-state index in [1.165, 1.54) is 0 Å². The van der Waals surface area contributed by atoms with Gasteiger partial charge in [-0.25, -0.2) is 0 Å². The summed E-state index contributed by atoms with van der Waals surface area (Å²) in [5.41, 5.74) is -5.75. The molecule has 0 radical (unpaired) electrons. The summed E-state index contributed by atoms with van der Waals surface area (Å²) >= 11 is -0.362. The lowest BCUT2D eigenvalue weighted by molar-refractivity contribution is -0.0343. The quantitative estimate of drug-likeness (QED) is 0.584. The van der Waals surface area contributed by atoms with E-state index in [1.54, 1.807) is 30.3 Å². The van der Waals surface area contributed by atoms with Crippen LogP contribution < -0.4 is 4.74 Å². The first kappa shape index (κ1) is 11.8. The highest BCUT2D eigenvalue weighted by molar-refractivity contribution is 8.00. The van der Waals surface area contributed by atoms with E-state index in [0.717, 1.165) is 0 Å². The van der Waals surface area contributed by atoms with E-state index in [1.807, 2.05) is 5.92 Å². The van der Waals surface area contributed by atoms with E-state index in [2.05, 4.69) is 0 Å². The maximum absolute atomic E-state index is 12.0. The van der Waals surface area contributed by atoms with Crippen molar-refractivity contribution in [2.45, 2.75) is 10.9 Å². The van der Waals surface area contributed by atoms with Crippen molar-refractivity contribution in [1.82, 2.24) is 0 Å². The number of hydrogen-bond donors (Lipinski definition) is 0. The Hall–Kier alpha value is -1.28. The van der Waals surface area contributed by atoms with Crippen molar-refractivity contribution in [3.05, 3.63) is 30.3 Å². The molecule has 15 heavy (non-hydrogen) atoms. The van der Waals surface area contributed by atoms with Crippen molar-refractivity contribution in [2.75, 3.05) is 0 Å². The number of thioether (sulfide) groups is 1. The number of alkyl halides is 3. The Labute approximate surface area is 89.6 Å². The Morgan fingerprint density at radius 1 is 1.27 bits per heavy atom. The second kappa shape index (κ2) is 4.99. The Balaban J connectivity index is 2.60. The molecule has 0 fully saturated rings. The van der Waals surface area contributed by atoms with Gasteiger partial charge in [0.1, 0.15) is 5.75 Å². The maximum atomic E-state index is 12.0. The highest BCUT2D eigenvalue weighted by Crippen LogP contribution is 2.34. The summed E-state index contributed by atoms with van der Waals surface area (Å²) < 4.78 is 40.9. The summed E-state index contributed by atoms with van der Waals surface area (Å²) in [7, 11) is 0. The molecule has 0 aliphatic rings. The van der Waals surface area contributed by atoms with Gasteiger partial charge in [-0.1, -0.05) is 24.1 Å². The molecule has 1 nitrogen and oxygen atoms in total. The largest absolute Gasteiger partial charge is 0.468 e. The fourth-order valence-electron chi connectivity index (χ4n) is 0.836. The summed E-state index contributed by atoms with van der Waals surface area (Å²) in [6.45, 7) is 0. The molecular formula is C10H7F3OS. The smallest absolute Gasteiger partial charge is 0.446 e. The van der Waals surface area contributed by atoms with E-state index >= 15 is 0 Å². The minimum Gasteiger partial charge on any atom is -0.468 e. The summed E-state index contributed by atoms with van der Waals surface area (Å²) in [6, 6.07) is 8.12. The Morgan fingerprint density at radius 3 is 2.33 bits per heavy atom.